The third kappa shape index (κ3) is 5.31. The first-order valence-corrected chi connectivity index (χ1v) is 12.8. The van der Waals surface area contributed by atoms with Gasteiger partial charge in [-0.05, 0) is 30.5 Å². The molecule has 0 aliphatic heterocycles. The van der Waals surface area contributed by atoms with E-state index < -0.39 is 8.07 Å². The standard InChI is InChI=1S/C24H36Si/c1-4-7-13-22-16-18-24(19-17-22)25(20-8-5-2,21-9-6-3)23-14-11-10-12-15-23/h10-12,14-19H,4-9,13,20-21H2,1-3H3. The lowest BCUT2D eigenvalue weighted by molar-refractivity contribution is 0.795. The zero-order valence-corrected chi connectivity index (χ0v) is 17.6. The molecule has 0 aromatic heterocycles. The van der Waals surface area contributed by atoms with Crippen LogP contribution in [0.5, 0.6) is 0 Å². The van der Waals surface area contributed by atoms with Crippen molar-refractivity contribution in [1.29, 1.82) is 0 Å². The van der Waals surface area contributed by atoms with E-state index in [1.807, 2.05) is 0 Å². The van der Waals surface area contributed by atoms with E-state index in [9.17, 15) is 0 Å². The Morgan fingerprint density at radius 2 is 1.12 bits per heavy atom. The predicted molar refractivity (Wildman–Crippen MR) is 116 cm³/mol. The summed E-state index contributed by atoms with van der Waals surface area (Å²) in [4.78, 5) is 0. The summed E-state index contributed by atoms with van der Waals surface area (Å²) >= 11 is 0. The molecule has 0 atom stereocenters. The first-order valence-electron chi connectivity index (χ1n) is 10.4. The Balaban J connectivity index is 2.40. The number of rotatable bonds is 11. The highest BCUT2D eigenvalue weighted by molar-refractivity contribution is 7.02. The molecule has 0 N–H and O–H groups in total. The maximum atomic E-state index is 2.48. The summed E-state index contributed by atoms with van der Waals surface area (Å²) in [5, 5.41) is 3.29. The molecule has 0 saturated heterocycles. The average Bonchev–Trinajstić information content (AvgIpc) is 2.68. The first-order chi connectivity index (χ1) is 12.3. The van der Waals surface area contributed by atoms with Gasteiger partial charge in [-0.15, -0.1) is 0 Å². The number of aryl methyl sites for hydroxylation is 1. The molecule has 0 saturated carbocycles. The van der Waals surface area contributed by atoms with E-state index >= 15 is 0 Å². The van der Waals surface area contributed by atoms with Gasteiger partial charge in [0.15, 0.2) is 0 Å². The van der Waals surface area contributed by atoms with Gasteiger partial charge in [-0.3, -0.25) is 0 Å². The predicted octanol–water partition coefficient (Wildman–Crippen LogP) is 6.19. The minimum absolute atomic E-state index is 1.22. The first kappa shape index (κ1) is 20.0. The number of hydrogen-bond donors (Lipinski definition) is 0. The highest BCUT2D eigenvalue weighted by Gasteiger charge is 2.35. The van der Waals surface area contributed by atoms with Gasteiger partial charge in [0.25, 0.3) is 0 Å². The van der Waals surface area contributed by atoms with Gasteiger partial charge in [0.2, 0.25) is 0 Å². The molecular weight excluding hydrogens is 316 g/mol. The summed E-state index contributed by atoms with van der Waals surface area (Å²) in [6.07, 6.45) is 9.08. The van der Waals surface area contributed by atoms with Gasteiger partial charge < -0.3 is 0 Å². The molecule has 25 heavy (non-hydrogen) atoms. The van der Waals surface area contributed by atoms with Crippen LogP contribution in [0.3, 0.4) is 0 Å². The van der Waals surface area contributed by atoms with Crippen molar-refractivity contribution in [1.82, 2.24) is 0 Å². The second kappa shape index (κ2) is 10.6. The summed E-state index contributed by atoms with van der Waals surface area (Å²) < 4.78 is 0. The van der Waals surface area contributed by atoms with Crippen LogP contribution in [0.1, 0.15) is 64.9 Å². The van der Waals surface area contributed by atoms with Crippen LogP contribution >= 0.6 is 0 Å². The number of hydrogen-bond acceptors (Lipinski definition) is 0. The molecule has 0 fully saturated rings. The van der Waals surface area contributed by atoms with E-state index in [0.29, 0.717) is 0 Å². The van der Waals surface area contributed by atoms with Gasteiger partial charge in [0.1, 0.15) is 8.07 Å². The molecule has 0 heterocycles. The molecule has 0 amide bonds. The fourth-order valence-corrected chi connectivity index (χ4v) is 9.24. The summed E-state index contributed by atoms with van der Waals surface area (Å²) in [7, 11) is -1.64. The van der Waals surface area contributed by atoms with Crippen molar-refractivity contribution in [3.63, 3.8) is 0 Å². The van der Waals surface area contributed by atoms with Gasteiger partial charge in [0, 0.05) is 0 Å². The Morgan fingerprint density at radius 1 is 0.600 bits per heavy atom. The van der Waals surface area contributed by atoms with Crippen LogP contribution in [-0.2, 0) is 6.42 Å². The van der Waals surface area contributed by atoms with Gasteiger partial charge >= 0.3 is 0 Å². The highest BCUT2D eigenvalue weighted by atomic mass is 28.3. The van der Waals surface area contributed by atoms with Crippen molar-refractivity contribution in [2.45, 2.75) is 77.8 Å². The minimum atomic E-state index is -1.64. The Labute approximate surface area is 156 Å². The van der Waals surface area contributed by atoms with Crippen LogP contribution in [0.4, 0.5) is 0 Å². The van der Waals surface area contributed by atoms with Crippen LogP contribution in [-0.4, -0.2) is 8.07 Å². The summed E-state index contributed by atoms with van der Waals surface area (Å²) in [6, 6.07) is 24.0. The Kier molecular flexibility index (Phi) is 8.47. The van der Waals surface area contributed by atoms with Crippen LogP contribution in [0.25, 0.3) is 0 Å². The van der Waals surface area contributed by atoms with E-state index in [1.165, 1.54) is 62.6 Å². The quantitative estimate of drug-likeness (QED) is 0.423. The summed E-state index contributed by atoms with van der Waals surface area (Å²) in [5.41, 5.74) is 1.51. The number of unbranched alkanes of at least 4 members (excludes halogenated alkanes) is 3. The molecule has 0 bridgehead atoms. The second-order valence-electron chi connectivity index (χ2n) is 7.46. The lowest BCUT2D eigenvalue weighted by atomic mass is 10.1. The van der Waals surface area contributed by atoms with E-state index in [-0.39, 0.29) is 0 Å². The van der Waals surface area contributed by atoms with Crippen molar-refractivity contribution >= 4 is 18.4 Å². The van der Waals surface area contributed by atoms with E-state index in [1.54, 1.807) is 10.4 Å². The molecule has 2 aromatic carbocycles. The molecule has 0 aliphatic rings. The van der Waals surface area contributed by atoms with Crippen molar-refractivity contribution in [3.8, 4) is 0 Å². The third-order valence-corrected chi connectivity index (χ3v) is 10.9. The van der Waals surface area contributed by atoms with Crippen molar-refractivity contribution in [2.75, 3.05) is 0 Å². The van der Waals surface area contributed by atoms with Gasteiger partial charge in [-0.2, -0.15) is 0 Å². The second-order valence-corrected chi connectivity index (χ2v) is 11.8. The van der Waals surface area contributed by atoms with E-state index in [4.69, 9.17) is 0 Å². The van der Waals surface area contributed by atoms with E-state index in [0.717, 1.165) is 0 Å². The van der Waals surface area contributed by atoms with Crippen LogP contribution in [0.15, 0.2) is 54.6 Å². The smallest absolute Gasteiger partial charge is 0.0654 e. The maximum Gasteiger partial charge on any atom is 0.118 e. The highest BCUT2D eigenvalue weighted by Crippen LogP contribution is 2.23. The van der Waals surface area contributed by atoms with Crippen molar-refractivity contribution < 1.29 is 0 Å². The molecule has 0 unspecified atom stereocenters. The molecule has 0 spiro atoms. The fourth-order valence-electron chi connectivity index (χ4n) is 3.95. The summed E-state index contributed by atoms with van der Waals surface area (Å²) in [5.74, 6) is 0. The Hall–Kier alpha value is -1.34. The van der Waals surface area contributed by atoms with Gasteiger partial charge in [0.05, 0.1) is 0 Å². The van der Waals surface area contributed by atoms with E-state index in [2.05, 4.69) is 75.4 Å². The van der Waals surface area contributed by atoms with Gasteiger partial charge in [-0.1, -0.05) is 118 Å². The number of benzene rings is 2. The molecule has 2 aromatic rings. The third-order valence-electron chi connectivity index (χ3n) is 5.57. The Bertz CT molecular complexity index is 577. The normalized spacial score (nSPS) is 11.6. The lowest BCUT2D eigenvalue weighted by Crippen LogP contribution is -2.58. The van der Waals surface area contributed by atoms with Crippen LogP contribution in [0.2, 0.25) is 12.1 Å². The topological polar surface area (TPSA) is 0 Å². The lowest BCUT2D eigenvalue weighted by Gasteiger charge is -2.33. The Morgan fingerprint density at radius 3 is 1.64 bits per heavy atom. The molecule has 0 aliphatic carbocycles. The average molecular weight is 353 g/mol. The molecule has 2 rings (SSSR count). The molecular formula is C24H36Si. The molecule has 1 heteroatoms. The zero-order chi connectivity index (χ0) is 18.0. The molecule has 136 valence electrons. The fraction of sp³-hybridized carbons (Fsp3) is 0.500. The van der Waals surface area contributed by atoms with Crippen LogP contribution in [0, 0.1) is 0 Å². The largest absolute Gasteiger partial charge is 0.118 e. The zero-order valence-electron chi connectivity index (χ0n) is 16.6. The van der Waals surface area contributed by atoms with Crippen molar-refractivity contribution in [2.24, 2.45) is 0 Å². The minimum Gasteiger partial charge on any atom is -0.0654 e. The molecule has 0 nitrogen and oxygen atoms in total. The van der Waals surface area contributed by atoms with Crippen molar-refractivity contribution in [3.05, 3.63) is 60.2 Å². The van der Waals surface area contributed by atoms with Crippen LogP contribution < -0.4 is 10.4 Å². The SMILES string of the molecule is CCCCc1ccc([Si](CCCC)(CCCC)c2ccccc2)cc1. The van der Waals surface area contributed by atoms with Gasteiger partial charge in [-0.25, -0.2) is 0 Å². The summed E-state index contributed by atoms with van der Waals surface area (Å²) in [6.45, 7) is 6.94. The maximum absolute atomic E-state index is 2.48. The monoisotopic (exact) mass is 352 g/mol. The molecule has 0 radical (unpaired) electrons.